The Kier molecular flexibility index (Phi) is 5.81. The number of likely N-dealkylation sites (N-methyl/N-ethyl adjacent to an activating group) is 1. The van der Waals surface area contributed by atoms with E-state index < -0.39 is 0 Å². The van der Waals surface area contributed by atoms with E-state index in [1.54, 1.807) is 7.11 Å². The van der Waals surface area contributed by atoms with Crippen LogP contribution in [-0.4, -0.2) is 65.8 Å². The average Bonchev–Trinajstić information content (AvgIpc) is 3.39. The Hall–Kier alpha value is -2.96. The van der Waals surface area contributed by atoms with Crippen molar-refractivity contribution in [2.75, 3.05) is 33.9 Å². The predicted molar refractivity (Wildman–Crippen MR) is 125 cm³/mol. The van der Waals surface area contributed by atoms with Gasteiger partial charge in [-0.2, -0.15) is 5.10 Å². The summed E-state index contributed by atoms with van der Waals surface area (Å²) >= 11 is 0. The van der Waals surface area contributed by atoms with Gasteiger partial charge in [-0.1, -0.05) is 48.5 Å². The fourth-order valence-corrected chi connectivity index (χ4v) is 5.03. The van der Waals surface area contributed by atoms with Gasteiger partial charge in [0, 0.05) is 62.9 Å². The molecule has 5 rings (SSSR count). The summed E-state index contributed by atoms with van der Waals surface area (Å²) < 4.78 is 4.98. The molecular weight excluding hydrogens is 400 g/mol. The van der Waals surface area contributed by atoms with Crippen LogP contribution in [0.2, 0.25) is 0 Å². The molecule has 1 aliphatic heterocycles. The van der Waals surface area contributed by atoms with E-state index in [2.05, 4.69) is 63.6 Å². The van der Waals surface area contributed by atoms with Crippen molar-refractivity contribution in [1.29, 1.82) is 0 Å². The molecule has 0 atom stereocenters. The lowest BCUT2D eigenvalue weighted by molar-refractivity contribution is -0.136. The van der Waals surface area contributed by atoms with E-state index in [-0.39, 0.29) is 12.5 Å². The van der Waals surface area contributed by atoms with E-state index in [4.69, 9.17) is 4.74 Å². The number of methoxy groups -OCH3 is 1. The highest BCUT2D eigenvalue weighted by Gasteiger charge is 2.26. The monoisotopic (exact) mass is 430 g/mol. The summed E-state index contributed by atoms with van der Waals surface area (Å²) in [7, 11) is 3.46. The Morgan fingerprint density at radius 1 is 1.16 bits per heavy atom. The van der Waals surface area contributed by atoms with Crippen LogP contribution < -0.4 is 0 Å². The molecule has 0 spiro atoms. The summed E-state index contributed by atoms with van der Waals surface area (Å²) in [5, 5.41) is 7.88. The van der Waals surface area contributed by atoms with Gasteiger partial charge < -0.3 is 9.64 Å². The molecule has 0 bridgehead atoms. The normalized spacial score (nSPS) is 16.1. The highest BCUT2D eigenvalue weighted by atomic mass is 16.5. The molecule has 2 heterocycles. The SMILES string of the molecule is COCC(=O)N(C)C1CCN(Cc2ccc(-c3n[nH]c4c3Cc3ccccc3-4)cc2)CC1. The molecule has 1 aliphatic carbocycles. The molecule has 6 heteroatoms. The van der Waals surface area contributed by atoms with Crippen molar-refractivity contribution in [3.05, 3.63) is 65.2 Å². The molecule has 1 fully saturated rings. The Bertz CT molecular complexity index is 1100. The number of hydrogen-bond donors (Lipinski definition) is 1. The average molecular weight is 431 g/mol. The van der Waals surface area contributed by atoms with Gasteiger partial charge in [-0.25, -0.2) is 0 Å². The number of ether oxygens (including phenoxy) is 1. The molecular formula is C26H30N4O2. The number of rotatable bonds is 6. The zero-order valence-electron chi connectivity index (χ0n) is 18.8. The molecule has 6 nitrogen and oxygen atoms in total. The molecule has 1 amide bonds. The number of carbonyl (C=O) groups excluding carboxylic acids is 1. The molecule has 1 saturated heterocycles. The lowest BCUT2D eigenvalue weighted by Crippen LogP contribution is -2.46. The van der Waals surface area contributed by atoms with Gasteiger partial charge in [0.2, 0.25) is 5.91 Å². The van der Waals surface area contributed by atoms with Crippen molar-refractivity contribution < 1.29 is 9.53 Å². The molecule has 1 N–H and O–H groups in total. The number of likely N-dealkylation sites (tertiary alicyclic amines) is 1. The van der Waals surface area contributed by atoms with Crippen LogP contribution in [0, 0.1) is 0 Å². The highest BCUT2D eigenvalue weighted by molar-refractivity contribution is 5.81. The minimum Gasteiger partial charge on any atom is -0.375 e. The summed E-state index contributed by atoms with van der Waals surface area (Å²) in [6, 6.07) is 17.7. The fraction of sp³-hybridized carbons (Fsp3) is 0.385. The first-order valence-electron chi connectivity index (χ1n) is 11.4. The van der Waals surface area contributed by atoms with E-state index in [0.29, 0.717) is 6.04 Å². The van der Waals surface area contributed by atoms with E-state index in [9.17, 15) is 4.79 Å². The van der Waals surface area contributed by atoms with Crippen LogP contribution in [0.25, 0.3) is 22.5 Å². The van der Waals surface area contributed by atoms with Crippen LogP contribution in [0.5, 0.6) is 0 Å². The number of benzene rings is 2. The summed E-state index contributed by atoms with van der Waals surface area (Å²) in [6.45, 7) is 3.10. The Morgan fingerprint density at radius 3 is 2.66 bits per heavy atom. The van der Waals surface area contributed by atoms with Crippen LogP contribution in [0.4, 0.5) is 0 Å². The Morgan fingerprint density at radius 2 is 1.91 bits per heavy atom. The maximum Gasteiger partial charge on any atom is 0.248 e. The quantitative estimate of drug-likeness (QED) is 0.507. The lowest BCUT2D eigenvalue weighted by Gasteiger charge is -2.36. The van der Waals surface area contributed by atoms with Crippen molar-refractivity contribution >= 4 is 5.91 Å². The summed E-state index contributed by atoms with van der Waals surface area (Å²) in [4.78, 5) is 16.4. The first kappa shape index (κ1) is 20.9. The van der Waals surface area contributed by atoms with Gasteiger partial charge in [0.15, 0.2) is 0 Å². The largest absolute Gasteiger partial charge is 0.375 e. The molecule has 0 unspecified atom stereocenters. The topological polar surface area (TPSA) is 61.5 Å². The second-order valence-corrected chi connectivity index (χ2v) is 8.90. The third-order valence-corrected chi connectivity index (χ3v) is 6.92. The lowest BCUT2D eigenvalue weighted by atomic mass is 10.0. The minimum absolute atomic E-state index is 0.0643. The maximum absolute atomic E-state index is 12.1. The number of carbonyl (C=O) groups is 1. The van der Waals surface area contributed by atoms with Gasteiger partial charge in [-0.15, -0.1) is 0 Å². The number of nitrogens with zero attached hydrogens (tertiary/aromatic N) is 3. The van der Waals surface area contributed by atoms with Gasteiger partial charge in [-0.05, 0) is 24.0 Å². The van der Waals surface area contributed by atoms with E-state index in [1.807, 2.05) is 11.9 Å². The molecule has 0 saturated carbocycles. The number of hydrogen-bond acceptors (Lipinski definition) is 4. The number of aromatic amines is 1. The number of aromatic nitrogens is 2. The molecule has 32 heavy (non-hydrogen) atoms. The highest BCUT2D eigenvalue weighted by Crippen LogP contribution is 2.39. The second kappa shape index (κ2) is 8.88. The van der Waals surface area contributed by atoms with Crippen LogP contribution in [0.3, 0.4) is 0 Å². The number of amides is 1. The first-order chi connectivity index (χ1) is 15.6. The van der Waals surface area contributed by atoms with Gasteiger partial charge in [-0.3, -0.25) is 14.8 Å². The van der Waals surface area contributed by atoms with E-state index in [1.165, 1.54) is 22.3 Å². The van der Waals surface area contributed by atoms with Crippen molar-refractivity contribution in [3.63, 3.8) is 0 Å². The maximum atomic E-state index is 12.1. The van der Waals surface area contributed by atoms with Gasteiger partial charge in [0.05, 0.1) is 11.4 Å². The number of piperidine rings is 1. The van der Waals surface area contributed by atoms with Crippen molar-refractivity contribution in [1.82, 2.24) is 20.0 Å². The summed E-state index contributed by atoms with van der Waals surface area (Å²) in [5.74, 6) is 0.0643. The molecule has 2 aliphatic rings. The van der Waals surface area contributed by atoms with Crippen molar-refractivity contribution in [3.8, 4) is 22.5 Å². The smallest absolute Gasteiger partial charge is 0.248 e. The number of fused-ring (bicyclic) bond motifs is 3. The standard InChI is InChI=1S/C26H30N4O2/c1-29(24(31)17-32-2)21-11-13-30(14-12-21)16-18-7-9-19(10-8-18)25-23-15-20-5-3-4-6-22(20)26(23)28-27-25/h3-10,21H,11-17H2,1-2H3,(H,27,28). The molecule has 3 aromatic rings. The van der Waals surface area contributed by atoms with Gasteiger partial charge in [0.25, 0.3) is 0 Å². The fourth-order valence-electron chi connectivity index (χ4n) is 5.03. The Balaban J connectivity index is 1.20. The number of nitrogens with one attached hydrogen (secondary N) is 1. The van der Waals surface area contributed by atoms with Gasteiger partial charge >= 0.3 is 0 Å². The van der Waals surface area contributed by atoms with Crippen LogP contribution >= 0.6 is 0 Å². The molecule has 1 aromatic heterocycles. The zero-order valence-corrected chi connectivity index (χ0v) is 18.8. The van der Waals surface area contributed by atoms with Gasteiger partial charge in [0.1, 0.15) is 6.61 Å². The zero-order chi connectivity index (χ0) is 22.1. The van der Waals surface area contributed by atoms with E-state index in [0.717, 1.165) is 55.8 Å². The minimum atomic E-state index is 0.0643. The second-order valence-electron chi connectivity index (χ2n) is 8.90. The predicted octanol–water partition coefficient (Wildman–Crippen LogP) is 3.72. The molecule has 166 valence electrons. The molecule has 2 aromatic carbocycles. The van der Waals surface area contributed by atoms with Crippen LogP contribution in [0.15, 0.2) is 48.5 Å². The van der Waals surface area contributed by atoms with Crippen LogP contribution in [-0.2, 0) is 22.5 Å². The van der Waals surface area contributed by atoms with Crippen molar-refractivity contribution in [2.45, 2.75) is 31.8 Å². The molecule has 0 radical (unpaired) electrons. The van der Waals surface area contributed by atoms with Crippen LogP contribution in [0.1, 0.15) is 29.5 Å². The number of H-pyrrole nitrogens is 1. The van der Waals surface area contributed by atoms with Crippen molar-refractivity contribution in [2.24, 2.45) is 0 Å². The summed E-state index contributed by atoms with van der Waals surface area (Å²) in [5.41, 5.74) is 8.64. The third-order valence-electron chi connectivity index (χ3n) is 6.92. The Labute approximate surface area is 189 Å². The first-order valence-corrected chi connectivity index (χ1v) is 11.4. The summed E-state index contributed by atoms with van der Waals surface area (Å²) in [6.07, 6.45) is 2.95. The van der Waals surface area contributed by atoms with E-state index >= 15 is 0 Å². The third kappa shape index (κ3) is 3.96.